The number of tetrazole rings is 1. The highest BCUT2D eigenvalue weighted by Gasteiger charge is 2.33. The Kier molecular flexibility index (Phi) is 5.52. The van der Waals surface area contributed by atoms with Crippen LogP contribution in [-0.4, -0.2) is 31.1 Å². The highest BCUT2D eigenvalue weighted by Crippen LogP contribution is 2.38. The van der Waals surface area contributed by atoms with Crippen LogP contribution in [0.3, 0.4) is 0 Å². The lowest BCUT2D eigenvalue weighted by molar-refractivity contribution is -0.137. The van der Waals surface area contributed by atoms with Crippen molar-refractivity contribution in [3.63, 3.8) is 0 Å². The number of hydrogen-bond acceptors (Lipinski definition) is 4. The van der Waals surface area contributed by atoms with E-state index in [0.29, 0.717) is 44.3 Å². The summed E-state index contributed by atoms with van der Waals surface area (Å²) in [4.78, 5) is 13.2. The van der Waals surface area contributed by atoms with Crippen LogP contribution >= 0.6 is 11.6 Å². The van der Waals surface area contributed by atoms with E-state index in [1.165, 1.54) is 12.1 Å². The molecule has 0 atom stereocenters. The Morgan fingerprint density at radius 2 is 1.83 bits per heavy atom. The molecule has 0 radical (unpaired) electrons. The minimum Gasteiger partial charge on any atom is -0.340 e. The molecule has 1 amide bonds. The highest BCUT2D eigenvalue weighted by atomic mass is 35.5. The van der Waals surface area contributed by atoms with E-state index in [4.69, 9.17) is 11.6 Å². The molecule has 0 fully saturated rings. The minimum absolute atomic E-state index is 0.0700. The maximum atomic E-state index is 13.5. The standard InChI is InChI=1S/C24H16ClF3N6O/c1-34-20-10-13(16-4-2-3-5-18(16)24(26,27)28)6-7-14(20)11-21(34)23(35)29-19-9-8-15(25)12-17(19)22-30-32-33-31-22/h2-12H,1H3,(H,29,35)(H,30,31,32,33). The first-order chi connectivity index (χ1) is 16.7. The summed E-state index contributed by atoms with van der Waals surface area (Å²) >= 11 is 6.10. The molecule has 0 saturated carbocycles. The van der Waals surface area contributed by atoms with Gasteiger partial charge in [0.15, 0.2) is 5.82 Å². The zero-order valence-electron chi connectivity index (χ0n) is 18.1. The zero-order valence-corrected chi connectivity index (χ0v) is 18.8. The average molecular weight is 497 g/mol. The third kappa shape index (κ3) is 4.24. The first-order valence-electron chi connectivity index (χ1n) is 10.3. The summed E-state index contributed by atoms with van der Waals surface area (Å²) in [6.07, 6.45) is -4.49. The summed E-state index contributed by atoms with van der Waals surface area (Å²) in [6, 6.07) is 16.9. The molecule has 3 aromatic carbocycles. The Labute approximate surface area is 201 Å². The number of rotatable bonds is 4. The number of alkyl halides is 3. The van der Waals surface area contributed by atoms with Gasteiger partial charge < -0.3 is 9.88 Å². The number of halogens is 4. The van der Waals surface area contributed by atoms with Crippen molar-refractivity contribution in [2.75, 3.05) is 5.32 Å². The molecule has 176 valence electrons. The zero-order chi connectivity index (χ0) is 24.7. The second-order valence-corrected chi connectivity index (χ2v) is 8.24. The fourth-order valence-electron chi connectivity index (χ4n) is 3.98. The van der Waals surface area contributed by atoms with E-state index in [2.05, 4.69) is 25.9 Å². The molecular formula is C24H16ClF3N6O. The minimum atomic E-state index is -4.49. The SMILES string of the molecule is Cn1c(C(=O)Nc2ccc(Cl)cc2-c2nnn[nH]2)cc2ccc(-c3ccccc3C(F)(F)F)cc21. The number of anilines is 1. The van der Waals surface area contributed by atoms with Crippen molar-refractivity contribution in [2.45, 2.75) is 6.18 Å². The predicted octanol–water partition coefficient (Wildman–Crippen LogP) is 5.95. The molecule has 35 heavy (non-hydrogen) atoms. The number of nitrogens with one attached hydrogen (secondary N) is 2. The van der Waals surface area contributed by atoms with Crippen molar-refractivity contribution in [3.05, 3.63) is 83.0 Å². The van der Waals surface area contributed by atoms with E-state index in [1.807, 2.05) is 0 Å². The topological polar surface area (TPSA) is 88.5 Å². The monoisotopic (exact) mass is 496 g/mol. The van der Waals surface area contributed by atoms with Crippen molar-refractivity contribution in [1.82, 2.24) is 25.2 Å². The van der Waals surface area contributed by atoms with E-state index in [-0.39, 0.29) is 5.56 Å². The van der Waals surface area contributed by atoms with Gasteiger partial charge in [0, 0.05) is 28.5 Å². The molecule has 0 spiro atoms. The van der Waals surface area contributed by atoms with Gasteiger partial charge in [-0.25, -0.2) is 5.10 Å². The number of nitrogens with zero attached hydrogens (tertiary/aromatic N) is 4. The first kappa shape index (κ1) is 22.6. The molecule has 2 N–H and O–H groups in total. The van der Waals surface area contributed by atoms with Crippen molar-refractivity contribution in [3.8, 4) is 22.5 Å². The average Bonchev–Trinajstić information content (AvgIpc) is 3.48. The Hall–Kier alpha value is -4.18. The summed E-state index contributed by atoms with van der Waals surface area (Å²) in [5.74, 6) is -0.0928. The van der Waals surface area contributed by atoms with Crippen LogP contribution in [0.25, 0.3) is 33.4 Å². The van der Waals surface area contributed by atoms with E-state index in [0.717, 1.165) is 6.07 Å². The number of benzene rings is 3. The third-order valence-corrected chi connectivity index (χ3v) is 5.89. The molecule has 5 rings (SSSR count). The second-order valence-electron chi connectivity index (χ2n) is 7.80. The predicted molar refractivity (Wildman–Crippen MR) is 126 cm³/mol. The molecule has 2 aromatic heterocycles. The molecule has 0 unspecified atom stereocenters. The molecule has 2 heterocycles. The Morgan fingerprint density at radius 3 is 2.57 bits per heavy atom. The molecule has 0 aliphatic carbocycles. The number of amides is 1. The molecular weight excluding hydrogens is 481 g/mol. The second kappa shape index (κ2) is 8.55. The molecule has 7 nitrogen and oxygen atoms in total. The highest BCUT2D eigenvalue weighted by molar-refractivity contribution is 6.31. The van der Waals surface area contributed by atoms with Crippen LogP contribution in [0, 0.1) is 0 Å². The van der Waals surface area contributed by atoms with Gasteiger partial charge in [-0.05, 0) is 58.0 Å². The van der Waals surface area contributed by atoms with E-state index in [1.54, 1.807) is 60.1 Å². The Morgan fingerprint density at radius 1 is 1.03 bits per heavy atom. The summed E-state index contributed by atoms with van der Waals surface area (Å²) in [6.45, 7) is 0. The molecule has 11 heteroatoms. The van der Waals surface area contributed by atoms with Gasteiger partial charge in [-0.2, -0.15) is 13.2 Å². The number of H-pyrrole nitrogens is 1. The number of aryl methyl sites for hydroxylation is 1. The van der Waals surface area contributed by atoms with Gasteiger partial charge in [0.05, 0.1) is 11.3 Å². The summed E-state index contributed by atoms with van der Waals surface area (Å²) in [7, 11) is 1.68. The fourth-order valence-corrected chi connectivity index (χ4v) is 4.15. The van der Waals surface area contributed by atoms with Gasteiger partial charge in [-0.1, -0.05) is 41.9 Å². The van der Waals surface area contributed by atoms with Crippen LogP contribution in [0.5, 0.6) is 0 Å². The number of carbonyl (C=O) groups is 1. The van der Waals surface area contributed by atoms with Gasteiger partial charge in [0.1, 0.15) is 5.69 Å². The van der Waals surface area contributed by atoms with Crippen LogP contribution in [0.15, 0.2) is 66.7 Å². The lowest BCUT2D eigenvalue weighted by atomic mass is 9.98. The Bertz CT molecular complexity index is 1560. The van der Waals surface area contributed by atoms with Crippen LogP contribution < -0.4 is 5.32 Å². The van der Waals surface area contributed by atoms with Gasteiger partial charge >= 0.3 is 6.18 Å². The van der Waals surface area contributed by atoms with E-state index < -0.39 is 17.6 Å². The maximum absolute atomic E-state index is 13.5. The normalized spacial score (nSPS) is 11.7. The number of carbonyl (C=O) groups excluding carboxylic acids is 1. The van der Waals surface area contributed by atoms with Crippen LogP contribution in [0.1, 0.15) is 16.1 Å². The van der Waals surface area contributed by atoms with Crippen molar-refractivity contribution < 1.29 is 18.0 Å². The van der Waals surface area contributed by atoms with Gasteiger partial charge in [0.2, 0.25) is 0 Å². The number of hydrogen-bond donors (Lipinski definition) is 2. The third-order valence-electron chi connectivity index (χ3n) is 5.65. The van der Waals surface area contributed by atoms with Crippen molar-refractivity contribution >= 4 is 34.1 Å². The lowest BCUT2D eigenvalue weighted by Gasteiger charge is -2.13. The summed E-state index contributed by atoms with van der Waals surface area (Å²) < 4.78 is 42.2. The molecule has 0 bridgehead atoms. The summed E-state index contributed by atoms with van der Waals surface area (Å²) in [5.41, 5.74) is 1.61. The van der Waals surface area contributed by atoms with Crippen molar-refractivity contribution in [1.29, 1.82) is 0 Å². The van der Waals surface area contributed by atoms with Crippen molar-refractivity contribution in [2.24, 2.45) is 7.05 Å². The maximum Gasteiger partial charge on any atom is 0.417 e. The van der Waals surface area contributed by atoms with Crippen LogP contribution in [-0.2, 0) is 13.2 Å². The van der Waals surface area contributed by atoms with Gasteiger partial charge in [0.25, 0.3) is 5.91 Å². The number of aromatic nitrogens is 5. The number of aromatic amines is 1. The smallest absolute Gasteiger partial charge is 0.340 e. The van der Waals surface area contributed by atoms with Gasteiger partial charge in [-0.3, -0.25) is 4.79 Å². The first-order valence-corrected chi connectivity index (χ1v) is 10.7. The molecule has 0 aliphatic rings. The Balaban J connectivity index is 1.52. The largest absolute Gasteiger partial charge is 0.417 e. The molecule has 0 aliphatic heterocycles. The summed E-state index contributed by atoms with van der Waals surface area (Å²) in [5, 5.41) is 17.6. The fraction of sp³-hybridized carbons (Fsp3) is 0.0833. The van der Waals surface area contributed by atoms with Gasteiger partial charge in [-0.15, -0.1) is 5.10 Å². The quantitative estimate of drug-likeness (QED) is 0.322. The van der Waals surface area contributed by atoms with Crippen LogP contribution in [0.2, 0.25) is 5.02 Å². The van der Waals surface area contributed by atoms with E-state index >= 15 is 0 Å². The molecule has 0 saturated heterocycles. The van der Waals surface area contributed by atoms with E-state index in [9.17, 15) is 18.0 Å². The number of fused-ring (bicyclic) bond motifs is 1. The molecule has 5 aromatic rings. The van der Waals surface area contributed by atoms with Crippen LogP contribution in [0.4, 0.5) is 18.9 Å². The lowest BCUT2D eigenvalue weighted by Crippen LogP contribution is -2.16.